The Morgan fingerprint density at radius 1 is 1.40 bits per heavy atom. The molecule has 2 aromatic heterocycles. The predicted octanol–water partition coefficient (Wildman–Crippen LogP) is 1.75. The fraction of sp³-hybridized carbons (Fsp3) is 0.417. The van der Waals surface area contributed by atoms with Crippen molar-refractivity contribution in [3.63, 3.8) is 0 Å². The summed E-state index contributed by atoms with van der Waals surface area (Å²) in [5, 5.41) is 4.98. The summed E-state index contributed by atoms with van der Waals surface area (Å²) < 4.78 is 6.98. The number of nitrogens with two attached hydrogens (primary N) is 1. The lowest BCUT2D eigenvalue weighted by atomic mass is 10.4. The number of nitrogens with one attached hydrogen (secondary N) is 1. The maximum absolute atomic E-state index is 6.15. The molecule has 2 heterocycles. The molecule has 0 aliphatic carbocycles. The van der Waals surface area contributed by atoms with Gasteiger partial charge in [-0.15, -0.1) is 0 Å². The molecule has 0 amide bonds. The molecule has 20 heavy (non-hydrogen) atoms. The van der Waals surface area contributed by atoms with E-state index in [1.807, 2.05) is 20.8 Å². The molecule has 0 unspecified atom stereocenters. The van der Waals surface area contributed by atoms with Gasteiger partial charge in [-0.25, -0.2) is 20.5 Å². The second-order valence-electron chi connectivity index (χ2n) is 4.21. The molecule has 0 aromatic carbocycles. The van der Waals surface area contributed by atoms with Gasteiger partial charge in [-0.05, 0) is 20.8 Å². The Balaban J connectivity index is 2.46. The topological polar surface area (TPSA) is 90.9 Å². The third-order valence-corrected chi connectivity index (χ3v) is 3.31. The lowest BCUT2D eigenvalue weighted by Crippen LogP contribution is -2.13. The number of aromatic nitrogens is 4. The van der Waals surface area contributed by atoms with Crippen LogP contribution in [0, 0.1) is 13.8 Å². The molecule has 7 nitrogen and oxygen atoms in total. The van der Waals surface area contributed by atoms with Crippen molar-refractivity contribution in [2.24, 2.45) is 5.84 Å². The summed E-state index contributed by atoms with van der Waals surface area (Å²) >= 11 is 6.15. The summed E-state index contributed by atoms with van der Waals surface area (Å²) in [5.74, 6) is 7.05. The molecule has 2 rings (SSSR count). The van der Waals surface area contributed by atoms with Crippen LogP contribution in [0.2, 0.25) is 5.02 Å². The van der Waals surface area contributed by atoms with Crippen molar-refractivity contribution in [3.8, 4) is 5.82 Å². The Morgan fingerprint density at radius 2 is 2.15 bits per heavy atom. The van der Waals surface area contributed by atoms with Crippen molar-refractivity contribution in [1.82, 2.24) is 19.7 Å². The largest absolute Gasteiger partial charge is 0.374 e. The molecule has 0 radical (unpaired) electrons. The third-order valence-electron chi connectivity index (χ3n) is 2.76. The fourth-order valence-corrected chi connectivity index (χ4v) is 1.89. The summed E-state index contributed by atoms with van der Waals surface area (Å²) in [7, 11) is 0. The van der Waals surface area contributed by atoms with Gasteiger partial charge in [0.25, 0.3) is 0 Å². The van der Waals surface area contributed by atoms with Crippen LogP contribution in [0.1, 0.15) is 24.1 Å². The molecule has 0 bridgehead atoms. The molecule has 3 N–H and O–H groups in total. The fourth-order valence-electron chi connectivity index (χ4n) is 1.77. The standard InChI is InChI=1S/C12H17ClN6O/c1-4-20-6-10-15-9(17-14)5-11(16-10)19-8(3)12(13)7(2)18-19/h5H,4,6,14H2,1-3H3,(H,15,16,17). The van der Waals surface area contributed by atoms with Crippen molar-refractivity contribution in [2.45, 2.75) is 27.4 Å². The van der Waals surface area contributed by atoms with Gasteiger partial charge in [-0.2, -0.15) is 5.10 Å². The summed E-state index contributed by atoms with van der Waals surface area (Å²) in [6.07, 6.45) is 0. The van der Waals surface area contributed by atoms with Crippen LogP contribution in [0.3, 0.4) is 0 Å². The second-order valence-corrected chi connectivity index (χ2v) is 4.58. The first kappa shape index (κ1) is 14.7. The van der Waals surface area contributed by atoms with Crippen LogP contribution in [0.15, 0.2) is 6.07 Å². The smallest absolute Gasteiger partial charge is 0.159 e. The first-order valence-corrected chi connectivity index (χ1v) is 6.59. The molecular weight excluding hydrogens is 280 g/mol. The van der Waals surface area contributed by atoms with Gasteiger partial charge in [0.1, 0.15) is 12.4 Å². The molecule has 0 aliphatic heterocycles. The number of hydrogen-bond acceptors (Lipinski definition) is 6. The summed E-state index contributed by atoms with van der Waals surface area (Å²) in [4.78, 5) is 8.64. The number of rotatable bonds is 5. The van der Waals surface area contributed by atoms with E-state index in [9.17, 15) is 0 Å². The van der Waals surface area contributed by atoms with Crippen molar-refractivity contribution < 1.29 is 4.74 Å². The Kier molecular flexibility index (Phi) is 4.53. The van der Waals surface area contributed by atoms with Crippen molar-refractivity contribution >= 4 is 17.4 Å². The van der Waals surface area contributed by atoms with Gasteiger partial charge in [-0.1, -0.05) is 11.6 Å². The third kappa shape index (κ3) is 2.90. The maximum atomic E-state index is 6.15. The molecular formula is C12H17ClN6O. The van der Waals surface area contributed by atoms with Gasteiger partial charge in [0, 0.05) is 12.7 Å². The van der Waals surface area contributed by atoms with E-state index >= 15 is 0 Å². The SMILES string of the molecule is CCOCc1nc(NN)cc(-n2nc(C)c(Cl)c2C)n1. The quantitative estimate of drug-likeness (QED) is 0.645. The molecule has 0 saturated carbocycles. The van der Waals surface area contributed by atoms with Crippen LogP contribution in [-0.4, -0.2) is 26.4 Å². The minimum atomic E-state index is 0.312. The minimum Gasteiger partial charge on any atom is -0.374 e. The first-order valence-electron chi connectivity index (χ1n) is 6.21. The van der Waals surface area contributed by atoms with E-state index in [0.717, 1.165) is 11.4 Å². The van der Waals surface area contributed by atoms with E-state index in [1.54, 1.807) is 10.7 Å². The molecule has 0 atom stereocenters. The summed E-state index contributed by atoms with van der Waals surface area (Å²) in [5.41, 5.74) is 4.07. The second kappa shape index (κ2) is 6.17. The summed E-state index contributed by atoms with van der Waals surface area (Å²) in [6, 6.07) is 1.70. The number of anilines is 1. The zero-order valence-electron chi connectivity index (χ0n) is 11.6. The van der Waals surface area contributed by atoms with Crippen LogP contribution in [-0.2, 0) is 11.3 Å². The number of halogens is 1. The first-order chi connectivity index (χ1) is 9.56. The minimum absolute atomic E-state index is 0.312. The van der Waals surface area contributed by atoms with Gasteiger partial charge in [0.2, 0.25) is 0 Å². The number of ether oxygens (including phenoxy) is 1. The zero-order chi connectivity index (χ0) is 14.7. The molecule has 2 aromatic rings. The highest BCUT2D eigenvalue weighted by atomic mass is 35.5. The van der Waals surface area contributed by atoms with Crippen LogP contribution >= 0.6 is 11.6 Å². The van der Waals surface area contributed by atoms with Crippen LogP contribution < -0.4 is 11.3 Å². The van der Waals surface area contributed by atoms with Crippen LogP contribution in [0.25, 0.3) is 5.82 Å². The van der Waals surface area contributed by atoms with Gasteiger partial charge in [0.15, 0.2) is 11.6 Å². The average molecular weight is 297 g/mol. The summed E-state index contributed by atoms with van der Waals surface area (Å²) in [6.45, 7) is 6.53. The number of nitrogens with zero attached hydrogens (tertiary/aromatic N) is 4. The van der Waals surface area contributed by atoms with Crippen molar-refractivity contribution in [2.75, 3.05) is 12.0 Å². The Bertz CT molecular complexity index is 612. The molecule has 0 spiro atoms. The number of hydrogen-bond donors (Lipinski definition) is 2. The van der Waals surface area contributed by atoms with E-state index in [4.69, 9.17) is 22.2 Å². The predicted molar refractivity (Wildman–Crippen MR) is 76.8 cm³/mol. The maximum Gasteiger partial charge on any atom is 0.159 e. The van der Waals surface area contributed by atoms with E-state index in [1.165, 1.54) is 0 Å². The normalized spacial score (nSPS) is 10.8. The van der Waals surface area contributed by atoms with Crippen LogP contribution in [0.4, 0.5) is 5.82 Å². The van der Waals surface area contributed by atoms with Crippen molar-refractivity contribution in [1.29, 1.82) is 0 Å². The molecule has 0 fully saturated rings. The Hall–Kier alpha value is -1.70. The van der Waals surface area contributed by atoms with Gasteiger partial charge in [0.05, 0.1) is 16.4 Å². The van der Waals surface area contributed by atoms with Gasteiger partial charge in [-0.3, -0.25) is 0 Å². The highest BCUT2D eigenvalue weighted by Crippen LogP contribution is 2.22. The lowest BCUT2D eigenvalue weighted by Gasteiger charge is -2.09. The number of nitrogen functional groups attached to an aromatic ring is 1. The van der Waals surface area contributed by atoms with Gasteiger partial charge < -0.3 is 10.2 Å². The highest BCUT2D eigenvalue weighted by Gasteiger charge is 2.13. The zero-order valence-corrected chi connectivity index (χ0v) is 12.4. The number of hydrazine groups is 1. The van der Waals surface area contributed by atoms with E-state index < -0.39 is 0 Å². The Labute approximate surface area is 122 Å². The molecule has 108 valence electrons. The van der Waals surface area contributed by atoms with Crippen molar-refractivity contribution in [3.05, 3.63) is 28.3 Å². The average Bonchev–Trinajstić information content (AvgIpc) is 2.72. The van der Waals surface area contributed by atoms with E-state index in [2.05, 4.69) is 20.5 Å². The monoisotopic (exact) mass is 296 g/mol. The molecule has 8 heteroatoms. The molecule has 0 saturated heterocycles. The number of aryl methyl sites for hydroxylation is 1. The van der Waals surface area contributed by atoms with Crippen LogP contribution in [0.5, 0.6) is 0 Å². The van der Waals surface area contributed by atoms with Gasteiger partial charge >= 0.3 is 0 Å². The Morgan fingerprint density at radius 3 is 2.70 bits per heavy atom. The highest BCUT2D eigenvalue weighted by molar-refractivity contribution is 6.31. The molecule has 0 aliphatic rings. The van der Waals surface area contributed by atoms with E-state index in [-0.39, 0.29) is 0 Å². The lowest BCUT2D eigenvalue weighted by molar-refractivity contribution is 0.128. The van der Waals surface area contributed by atoms with E-state index in [0.29, 0.717) is 35.7 Å².